The minimum absolute atomic E-state index is 0.0854. The molecule has 0 aliphatic rings. The maximum Gasteiger partial charge on any atom is 0.245 e. The van der Waals surface area contributed by atoms with Crippen molar-refractivity contribution >= 4 is 28.4 Å². The lowest BCUT2D eigenvalue weighted by Crippen LogP contribution is -2.14. The Morgan fingerprint density at radius 2 is 1.84 bits per heavy atom. The first-order chi connectivity index (χ1) is 11.7. The van der Waals surface area contributed by atoms with E-state index in [2.05, 4.69) is 20.2 Å². The van der Waals surface area contributed by atoms with Crippen molar-refractivity contribution in [2.24, 2.45) is 0 Å². The second-order valence-corrected chi connectivity index (χ2v) is 7.79. The third-order valence-electron chi connectivity index (χ3n) is 3.46. The van der Waals surface area contributed by atoms with Crippen LogP contribution in [0.3, 0.4) is 0 Å². The number of nitrogens with zero attached hydrogens (tertiary/aromatic N) is 6. The first-order valence-electron chi connectivity index (χ1n) is 7.68. The Morgan fingerprint density at radius 3 is 2.36 bits per heavy atom. The molecule has 130 valence electrons. The van der Waals surface area contributed by atoms with Crippen LogP contribution in [0.5, 0.6) is 0 Å². The van der Waals surface area contributed by atoms with Gasteiger partial charge in [0.25, 0.3) is 0 Å². The van der Waals surface area contributed by atoms with Crippen LogP contribution in [-0.2, 0) is 10.2 Å². The maximum atomic E-state index is 12.1. The van der Waals surface area contributed by atoms with Crippen molar-refractivity contribution in [3.05, 3.63) is 24.3 Å². The van der Waals surface area contributed by atoms with E-state index in [0.717, 1.165) is 17.5 Å². The van der Waals surface area contributed by atoms with Gasteiger partial charge in [0.1, 0.15) is 5.69 Å². The summed E-state index contributed by atoms with van der Waals surface area (Å²) >= 11 is 1.06. The zero-order valence-electron chi connectivity index (χ0n) is 14.6. The average Bonchev–Trinajstić information content (AvgIpc) is 3.05. The monoisotopic (exact) mass is 358 g/mol. The highest BCUT2D eigenvalue weighted by atomic mass is 32.2. The molecule has 0 amide bonds. The Bertz CT molecular complexity index is 968. The van der Waals surface area contributed by atoms with Crippen LogP contribution < -0.4 is 0 Å². The number of thioether (sulfide) groups is 1. The lowest BCUT2D eigenvalue weighted by atomic mass is 9.92. The van der Waals surface area contributed by atoms with Gasteiger partial charge >= 0.3 is 0 Å². The minimum atomic E-state index is -0.314. The van der Waals surface area contributed by atoms with Gasteiger partial charge in [-0.1, -0.05) is 20.8 Å². The molecule has 3 aromatic rings. The van der Waals surface area contributed by atoms with E-state index in [0.29, 0.717) is 22.1 Å². The van der Waals surface area contributed by atoms with Crippen molar-refractivity contribution in [3.63, 3.8) is 0 Å². The number of carbonyl (C=O) groups excluding carboxylic acids is 2. The van der Waals surface area contributed by atoms with Gasteiger partial charge in [-0.2, -0.15) is 14.3 Å². The summed E-state index contributed by atoms with van der Waals surface area (Å²) in [5, 5.41) is 8.92. The van der Waals surface area contributed by atoms with Gasteiger partial charge in [-0.25, -0.2) is 4.98 Å². The molecule has 0 N–H and O–H groups in total. The number of rotatable bonds is 2. The molecule has 0 aliphatic carbocycles. The Balaban J connectivity index is 2.40. The zero-order valence-corrected chi connectivity index (χ0v) is 15.5. The second kappa shape index (κ2) is 6.07. The summed E-state index contributed by atoms with van der Waals surface area (Å²) in [6.07, 6.45) is 4.67. The molecule has 25 heavy (non-hydrogen) atoms. The largest absolute Gasteiger partial charge is 0.287 e. The van der Waals surface area contributed by atoms with Crippen LogP contribution in [0, 0.1) is 0 Å². The number of carbonyl (C=O) groups is 2. The third-order valence-corrected chi connectivity index (χ3v) is 4.33. The lowest BCUT2D eigenvalue weighted by molar-refractivity contribution is -0.109. The van der Waals surface area contributed by atoms with E-state index >= 15 is 0 Å². The van der Waals surface area contributed by atoms with Crippen molar-refractivity contribution in [2.45, 2.75) is 44.9 Å². The van der Waals surface area contributed by atoms with Gasteiger partial charge in [0.2, 0.25) is 11.7 Å². The smallest absolute Gasteiger partial charge is 0.245 e. The molecule has 3 aromatic heterocycles. The Morgan fingerprint density at radius 1 is 1.12 bits per heavy atom. The van der Waals surface area contributed by atoms with Crippen molar-refractivity contribution in [3.8, 4) is 11.5 Å². The molecule has 0 saturated heterocycles. The highest BCUT2D eigenvalue weighted by Gasteiger charge is 2.30. The van der Waals surface area contributed by atoms with Gasteiger partial charge in [-0.05, 0) is 11.8 Å². The molecule has 0 radical (unpaired) electrons. The van der Waals surface area contributed by atoms with Crippen LogP contribution in [-0.4, -0.2) is 40.4 Å². The highest BCUT2D eigenvalue weighted by molar-refractivity contribution is 8.13. The van der Waals surface area contributed by atoms with E-state index in [1.807, 2.05) is 20.8 Å². The lowest BCUT2D eigenvalue weighted by Gasteiger charge is -2.16. The molecule has 3 rings (SSSR count). The fourth-order valence-corrected chi connectivity index (χ4v) is 3.43. The quantitative estimate of drug-likeness (QED) is 0.650. The van der Waals surface area contributed by atoms with E-state index in [1.165, 1.54) is 18.5 Å². The number of hydrogen-bond acceptors (Lipinski definition) is 7. The molecule has 0 aromatic carbocycles. The molecule has 0 fully saturated rings. The van der Waals surface area contributed by atoms with Crippen LogP contribution in [0.4, 0.5) is 0 Å². The SMILES string of the molecule is CC(=O)Sc1c(C(C)(C)C)nn2c(-c3cnccn3)nn(C(C)=O)c12. The number of fused-ring (bicyclic) bond motifs is 1. The summed E-state index contributed by atoms with van der Waals surface area (Å²) in [5.41, 5.74) is 1.38. The van der Waals surface area contributed by atoms with Crippen molar-refractivity contribution in [1.29, 1.82) is 0 Å². The van der Waals surface area contributed by atoms with Gasteiger partial charge in [-0.15, -0.1) is 5.10 Å². The van der Waals surface area contributed by atoms with Gasteiger partial charge in [0.15, 0.2) is 10.8 Å². The van der Waals surface area contributed by atoms with Gasteiger partial charge in [0, 0.05) is 31.7 Å². The van der Waals surface area contributed by atoms with Gasteiger partial charge in [0.05, 0.1) is 16.8 Å². The fourth-order valence-electron chi connectivity index (χ4n) is 2.44. The maximum absolute atomic E-state index is 12.1. The van der Waals surface area contributed by atoms with E-state index in [1.54, 1.807) is 23.1 Å². The molecule has 9 heteroatoms. The Kier molecular flexibility index (Phi) is 4.19. The molecule has 0 unspecified atom stereocenters. The average molecular weight is 358 g/mol. The number of aromatic nitrogens is 6. The van der Waals surface area contributed by atoms with Crippen LogP contribution in [0.1, 0.15) is 45.1 Å². The molecule has 3 heterocycles. The molecule has 8 nitrogen and oxygen atoms in total. The second-order valence-electron chi connectivity index (χ2n) is 6.60. The third kappa shape index (κ3) is 3.07. The predicted molar refractivity (Wildman–Crippen MR) is 93.5 cm³/mol. The number of hydrogen-bond donors (Lipinski definition) is 0. The van der Waals surface area contributed by atoms with E-state index in [-0.39, 0.29) is 16.4 Å². The summed E-state index contributed by atoms with van der Waals surface area (Å²) in [6, 6.07) is 0. The van der Waals surface area contributed by atoms with Crippen molar-refractivity contribution in [2.75, 3.05) is 0 Å². The van der Waals surface area contributed by atoms with Crippen molar-refractivity contribution < 1.29 is 9.59 Å². The minimum Gasteiger partial charge on any atom is -0.287 e. The van der Waals surface area contributed by atoms with Crippen LogP contribution in [0.25, 0.3) is 17.2 Å². The van der Waals surface area contributed by atoms with Crippen LogP contribution in [0.15, 0.2) is 23.5 Å². The van der Waals surface area contributed by atoms with E-state index < -0.39 is 0 Å². The molecule has 0 bridgehead atoms. The standard InChI is InChI=1S/C16H18N6O2S/c1-9(23)21-15-12(25-10(2)24)13(16(3,4)5)19-22(15)14(20-21)11-8-17-6-7-18-11/h6-8H,1-5H3. The summed E-state index contributed by atoms with van der Waals surface area (Å²) < 4.78 is 2.83. The summed E-state index contributed by atoms with van der Waals surface area (Å²) in [6.45, 7) is 8.92. The van der Waals surface area contributed by atoms with Gasteiger partial charge < -0.3 is 0 Å². The van der Waals surface area contributed by atoms with E-state index in [4.69, 9.17) is 0 Å². The first kappa shape index (κ1) is 17.3. The van der Waals surface area contributed by atoms with Crippen LogP contribution in [0.2, 0.25) is 0 Å². The van der Waals surface area contributed by atoms with E-state index in [9.17, 15) is 9.59 Å². The Hall–Kier alpha value is -2.55. The first-order valence-corrected chi connectivity index (χ1v) is 8.49. The molecular weight excluding hydrogens is 340 g/mol. The molecule has 0 aliphatic heterocycles. The van der Waals surface area contributed by atoms with Gasteiger partial charge in [-0.3, -0.25) is 14.6 Å². The normalized spacial score (nSPS) is 11.9. The molecule has 0 saturated carbocycles. The molecule has 0 spiro atoms. The topological polar surface area (TPSA) is 95.0 Å². The molecular formula is C16H18N6O2S. The van der Waals surface area contributed by atoms with Crippen LogP contribution >= 0.6 is 11.8 Å². The molecule has 0 atom stereocenters. The summed E-state index contributed by atoms with van der Waals surface area (Å²) in [4.78, 5) is 32.8. The highest BCUT2D eigenvalue weighted by Crippen LogP contribution is 2.36. The summed E-state index contributed by atoms with van der Waals surface area (Å²) in [5.74, 6) is 0.130. The summed E-state index contributed by atoms with van der Waals surface area (Å²) in [7, 11) is 0. The fraction of sp³-hybridized carbons (Fsp3) is 0.375. The predicted octanol–water partition coefficient (Wildman–Crippen LogP) is 2.58. The Labute approximate surface area is 148 Å². The van der Waals surface area contributed by atoms with Crippen molar-refractivity contribution in [1.82, 2.24) is 29.4 Å². The zero-order chi connectivity index (χ0) is 18.4.